The van der Waals surface area contributed by atoms with E-state index in [9.17, 15) is 14.0 Å². The minimum Gasteiger partial charge on any atom is -0.481 e. The highest BCUT2D eigenvalue weighted by Crippen LogP contribution is 2.45. The molecule has 0 spiro atoms. The Morgan fingerprint density at radius 2 is 2.09 bits per heavy atom. The minimum atomic E-state index is -0.878. The Kier molecular flexibility index (Phi) is 3.31. The molecule has 0 aliphatic heterocycles. The summed E-state index contributed by atoms with van der Waals surface area (Å²) >= 11 is 0. The van der Waals surface area contributed by atoms with Crippen molar-refractivity contribution in [1.29, 1.82) is 0 Å². The highest BCUT2D eigenvalue weighted by atomic mass is 19.1. The summed E-state index contributed by atoms with van der Waals surface area (Å²) < 4.78 is 13.2. The molecule has 1 aliphatic rings. The van der Waals surface area contributed by atoms with E-state index in [0.29, 0.717) is 35.0 Å². The van der Waals surface area contributed by atoms with Gasteiger partial charge in [0.1, 0.15) is 5.82 Å². The van der Waals surface area contributed by atoms with Gasteiger partial charge in [0, 0.05) is 18.0 Å². The average Bonchev–Trinajstić information content (AvgIpc) is 3.25. The fourth-order valence-corrected chi connectivity index (χ4v) is 2.43. The van der Waals surface area contributed by atoms with Crippen LogP contribution in [0.5, 0.6) is 0 Å². The molecule has 0 atom stereocenters. The van der Waals surface area contributed by atoms with Crippen molar-refractivity contribution in [3.63, 3.8) is 0 Å². The Morgan fingerprint density at radius 3 is 2.73 bits per heavy atom. The summed E-state index contributed by atoms with van der Waals surface area (Å²) in [7, 11) is 0. The molecule has 0 bridgehead atoms. The van der Waals surface area contributed by atoms with Crippen molar-refractivity contribution in [2.75, 3.05) is 6.54 Å². The van der Waals surface area contributed by atoms with Gasteiger partial charge in [0.05, 0.1) is 22.2 Å². The lowest BCUT2D eigenvalue weighted by atomic mass is 10.1. The lowest BCUT2D eigenvalue weighted by Crippen LogP contribution is -2.34. The third-order valence-corrected chi connectivity index (χ3v) is 4.11. The van der Waals surface area contributed by atoms with Crippen LogP contribution in [-0.2, 0) is 4.79 Å². The Balaban J connectivity index is 1.83. The van der Waals surface area contributed by atoms with E-state index >= 15 is 0 Å². The first-order valence-electron chi connectivity index (χ1n) is 7.00. The normalized spacial score (nSPS) is 15.5. The van der Waals surface area contributed by atoms with Crippen LogP contribution in [0.4, 0.5) is 4.39 Å². The maximum atomic E-state index is 13.2. The van der Waals surface area contributed by atoms with E-state index in [1.54, 1.807) is 19.1 Å². The Hall–Kier alpha value is -2.50. The molecule has 0 radical (unpaired) electrons. The molecule has 1 fully saturated rings. The zero-order chi connectivity index (χ0) is 15.9. The van der Waals surface area contributed by atoms with E-state index in [0.717, 1.165) is 0 Å². The van der Waals surface area contributed by atoms with Crippen molar-refractivity contribution in [2.24, 2.45) is 5.41 Å². The summed E-state index contributed by atoms with van der Waals surface area (Å²) in [6.07, 6.45) is 1.16. The van der Waals surface area contributed by atoms with Gasteiger partial charge in [0.25, 0.3) is 5.91 Å². The number of aryl methyl sites for hydroxylation is 1. The number of benzene rings is 1. The quantitative estimate of drug-likeness (QED) is 0.908. The molecule has 1 aromatic carbocycles. The number of halogens is 1. The second-order valence-corrected chi connectivity index (χ2v) is 5.73. The Morgan fingerprint density at radius 1 is 1.36 bits per heavy atom. The van der Waals surface area contributed by atoms with Crippen LogP contribution in [0.15, 0.2) is 24.3 Å². The third kappa shape index (κ3) is 2.52. The van der Waals surface area contributed by atoms with E-state index in [1.165, 1.54) is 12.1 Å². The van der Waals surface area contributed by atoms with Gasteiger partial charge in [-0.1, -0.05) is 0 Å². The number of aliphatic carboxylic acids is 1. The molecular weight excluding hydrogens is 287 g/mol. The molecule has 2 N–H and O–H groups in total. The predicted molar refractivity (Wildman–Crippen MR) is 78.1 cm³/mol. The van der Waals surface area contributed by atoms with Crippen LogP contribution in [0.25, 0.3) is 10.9 Å². The monoisotopic (exact) mass is 302 g/mol. The Bertz CT molecular complexity index is 784. The van der Waals surface area contributed by atoms with E-state index < -0.39 is 11.4 Å². The molecule has 1 aliphatic carbocycles. The van der Waals surface area contributed by atoms with Crippen molar-refractivity contribution in [3.8, 4) is 0 Å². The molecule has 1 amide bonds. The molecule has 114 valence electrons. The second kappa shape index (κ2) is 5.05. The van der Waals surface area contributed by atoms with Crippen molar-refractivity contribution < 1.29 is 19.1 Å². The number of rotatable bonds is 4. The largest absolute Gasteiger partial charge is 0.481 e. The summed E-state index contributed by atoms with van der Waals surface area (Å²) in [4.78, 5) is 27.6. The number of carbonyl (C=O) groups is 2. The lowest BCUT2D eigenvalue weighted by Gasteiger charge is -2.12. The first-order chi connectivity index (χ1) is 10.4. The third-order valence-electron chi connectivity index (χ3n) is 4.11. The van der Waals surface area contributed by atoms with Crippen molar-refractivity contribution in [3.05, 3.63) is 41.3 Å². The molecule has 6 heteroatoms. The van der Waals surface area contributed by atoms with Gasteiger partial charge in [-0.3, -0.25) is 14.6 Å². The van der Waals surface area contributed by atoms with Crippen LogP contribution in [0.1, 0.15) is 28.9 Å². The molecule has 1 heterocycles. The number of carbonyl (C=O) groups excluding carboxylic acids is 1. The zero-order valence-corrected chi connectivity index (χ0v) is 12.0. The van der Waals surface area contributed by atoms with Gasteiger partial charge >= 0.3 is 5.97 Å². The fraction of sp³-hybridized carbons (Fsp3) is 0.312. The summed E-state index contributed by atoms with van der Waals surface area (Å²) in [5.41, 5.74) is 0.533. The van der Waals surface area contributed by atoms with Gasteiger partial charge in [-0.15, -0.1) is 0 Å². The minimum absolute atomic E-state index is 0.113. The van der Waals surface area contributed by atoms with Gasteiger partial charge in [0.15, 0.2) is 0 Å². The summed E-state index contributed by atoms with van der Waals surface area (Å²) in [6.45, 7) is 1.78. The zero-order valence-electron chi connectivity index (χ0n) is 12.0. The SMILES string of the molecule is Cc1nc2cc(F)ccc2cc1C(=O)NCC1(C(=O)O)CC1. The predicted octanol–water partition coefficient (Wildman–Crippen LogP) is 2.28. The number of carboxylic acid groups (broad SMARTS) is 1. The van der Waals surface area contributed by atoms with Crippen LogP contribution >= 0.6 is 0 Å². The van der Waals surface area contributed by atoms with Crippen LogP contribution in [0, 0.1) is 18.2 Å². The molecule has 3 rings (SSSR count). The molecule has 1 saturated carbocycles. The molecule has 0 saturated heterocycles. The van der Waals surface area contributed by atoms with Crippen LogP contribution < -0.4 is 5.32 Å². The molecule has 22 heavy (non-hydrogen) atoms. The van der Waals surface area contributed by atoms with E-state index in [2.05, 4.69) is 10.3 Å². The number of pyridine rings is 1. The van der Waals surface area contributed by atoms with E-state index in [4.69, 9.17) is 5.11 Å². The maximum absolute atomic E-state index is 13.2. The average molecular weight is 302 g/mol. The van der Waals surface area contributed by atoms with Gasteiger partial charge in [0.2, 0.25) is 0 Å². The standard InChI is InChI=1S/C16H15FN2O3/c1-9-12(6-10-2-3-11(17)7-13(10)19-9)14(20)18-8-16(4-5-16)15(21)22/h2-3,6-7H,4-5,8H2,1H3,(H,18,20)(H,21,22). The van der Waals surface area contributed by atoms with Crippen molar-refractivity contribution >= 4 is 22.8 Å². The number of aromatic nitrogens is 1. The second-order valence-electron chi connectivity index (χ2n) is 5.73. The first kappa shape index (κ1) is 14.4. The number of carboxylic acids is 1. The van der Waals surface area contributed by atoms with Crippen molar-refractivity contribution in [2.45, 2.75) is 19.8 Å². The van der Waals surface area contributed by atoms with Gasteiger partial charge in [-0.2, -0.15) is 0 Å². The summed E-state index contributed by atoms with van der Waals surface area (Å²) in [5.74, 6) is -1.62. The van der Waals surface area contributed by atoms with Crippen molar-refractivity contribution in [1.82, 2.24) is 10.3 Å². The van der Waals surface area contributed by atoms with Crippen LogP contribution in [0.2, 0.25) is 0 Å². The number of amides is 1. The molecule has 5 nitrogen and oxygen atoms in total. The molecule has 2 aromatic rings. The van der Waals surface area contributed by atoms with Crippen LogP contribution in [-0.4, -0.2) is 28.5 Å². The molecule has 1 aromatic heterocycles. The van der Waals surface area contributed by atoms with E-state index in [1.807, 2.05) is 0 Å². The highest BCUT2D eigenvalue weighted by molar-refractivity contribution is 5.99. The number of nitrogens with zero attached hydrogens (tertiary/aromatic N) is 1. The first-order valence-corrected chi connectivity index (χ1v) is 7.00. The molecular formula is C16H15FN2O3. The van der Waals surface area contributed by atoms with Gasteiger partial charge in [-0.05, 0) is 38.0 Å². The van der Waals surface area contributed by atoms with Gasteiger partial charge < -0.3 is 10.4 Å². The topological polar surface area (TPSA) is 79.3 Å². The number of hydrogen-bond acceptors (Lipinski definition) is 3. The highest BCUT2D eigenvalue weighted by Gasteiger charge is 2.50. The lowest BCUT2D eigenvalue weighted by molar-refractivity contribution is -0.143. The summed E-state index contributed by atoms with van der Waals surface area (Å²) in [5, 5.41) is 12.4. The number of hydrogen-bond donors (Lipinski definition) is 2. The van der Waals surface area contributed by atoms with Crippen LogP contribution in [0.3, 0.4) is 0 Å². The molecule has 0 unspecified atom stereocenters. The number of nitrogens with one attached hydrogen (secondary N) is 1. The number of fused-ring (bicyclic) bond motifs is 1. The summed E-state index contributed by atoms with van der Waals surface area (Å²) in [6, 6.07) is 5.83. The maximum Gasteiger partial charge on any atom is 0.311 e. The Labute approximate surface area is 126 Å². The fourth-order valence-electron chi connectivity index (χ4n) is 2.43. The smallest absolute Gasteiger partial charge is 0.311 e. The van der Waals surface area contributed by atoms with Gasteiger partial charge in [-0.25, -0.2) is 4.39 Å². The van der Waals surface area contributed by atoms with E-state index in [-0.39, 0.29) is 18.3 Å².